The Morgan fingerprint density at radius 1 is 0.270 bits per heavy atom. The first-order valence-corrected chi connectivity index (χ1v) is 21.7. The summed E-state index contributed by atoms with van der Waals surface area (Å²) in [6.45, 7) is 0. The third kappa shape index (κ3) is 5.87. The third-order valence-corrected chi connectivity index (χ3v) is 13.0. The number of ether oxygens (including phenoxy) is 1. The molecule has 0 atom stereocenters. The molecule has 2 nitrogen and oxygen atoms in total. The summed E-state index contributed by atoms with van der Waals surface area (Å²) in [4.78, 5) is 2.46. The zero-order valence-corrected chi connectivity index (χ0v) is 34.5. The molecule has 1 aliphatic carbocycles. The molecule has 0 bridgehead atoms. The normalized spacial score (nSPS) is 12.7. The number of anilines is 3. The Balaban J connectivity index is 1.10. The number of rotatable bonds is 7. The smallest absolute Gasteiger partial charge is 0.132 e. The summed E-state index contributed by atoms with van der Waals surface area (Å²) in [7, 11) is 0. The van der Waals surface area contributed by atoms with Crippen LogP contribution in [0.5, 0.6) is 11.5 Å². The lowest BCUT2D eigenvalue weighted by atomic mass is 9.66. The minimum Gasteiger partial charge on any atom is -0.457 e. The van der Waals surface area contributed by atoms with Gasteiger partial charge >= 0.3 is 0 Å². The quantitative estimate of drug-likeness (QED) is 0.159. The first-order chi connectivity index (χ1) is 31.3. The second kappa shape index (κ2) is 15.1. The van der Waals surface area contributed by atoms with E-state index in [4.69, 9.17) is 4.74 Å². The van der Waals surface area contributed by atoms with Crippen LogP contribution < -0.4 is 9.64 Å². The molecular weight excluding hydrogens is 763 g/mol. The lowest BCUT2D eigenvalue weighted by Crippen LogP contribution is -2.32. The van der Waals surface area contributed by atoms with E-state index in [0.717, 1.165) is 50.8 Å². The van der Waals surface area contributed by atoms with Gasteiger partial charge in [-0.25, -0.2) is 0 Å². The van der Waals surface area contributed by atoms with Crippen LogP contribution in [0.4, 0.5) is 17.1 Å². The topological polar surface area (TPSA) is 12.5 Å². The van der Waals surface area contributed by atoms with E-state index in [2.05, 4.69) is 254 Å². The fourth-order valence-corrected chi connectivity index (χ4v) is 10.3. The Morgan fingerprint density at radius 2 is 0.730 bits per heavy atom. The van der Waals surface area contributed by atoms with Gasteiger partial charge < -0.3 is 9.64 Å². The van der Waals surface area contributed by atoms with Crippen LogP contribution in [0.25, 0.3) is 55.6 Å². The van der Waals surface area contributed by atoms with E-state index < -0.39 is 5.41 Å². The molecule has 0 N–H and O–H groups in total. The molecule has 0 aromatic heterocycles. The Kier molecular flexibility index (Phi) is 8.76. The summed E-state index contributed by atoms with van der Waals surface area (Å²) in [6.07, 6.45) is 0. The van der Waals surface area contributed by atoms with Gasteiger partial charge in [0.1, 0.15) is 11.5 Å². The Bertz CT molecular complexity index is 3290. The predicted molar refractivity (Wildman–Crippen MR) is 260 cm³/mol. The molecule has 0 amide bonds. The summed E-state index contributed by atoms with van der Waals surface area (Å²) in [5, 5.41) is 0. The fraction of sp³-hybridized carbons (Fsp3) is 0.0164. The minimum absolute atomic E-state index is 0.545. The average molecular weight is 804 g/mol. The Hall–Kier alpha value is -8.20. The summed E-state index contributed by atoms with van der Waals surface area (Å²) in [5.41, 5.74) is 19.4. The van der Waals surface area contributed by atoms with E-state index >= 15 is 0 Å². The largest absolute Gasteiger partial charge is 0.457 e. The monoisotopic (exact) mass is 803 g/mol. The summed E-state index contributed by atoms with van der Waals surface area (Å²) in [6, 6.07) is 90.1. The van der Waals surface area contributed by atoms with Crippen LogP contribution in [0.1, 0.15) is 22.3 Å². The number of para-hydroxylation sites is 3. The average Bonchev–Trinajstić information content (AvgIpc) is 3.65. The van der Waals surface area contributed by atoms with Crippen molar-refractivity contribution in [1.82, 2.24) is 0 Å². The maximum absolute atomic E-state index is 6.64. The molecule has 0 saturated carbocycles. The highest BCUT2D eigenvalue weighted by molar-refractivity contribution is 5.98. The molecule has 1 spiro atoms. The molecule has 2 heteroatoms. The molecule has 1 heterocycles. The van der Waals surface area contributed by atoms with E-state index in [9.17, 15) is 0 Å². The van der Waals surface area contributed by atoms with Crippen molar-refractivity contribution in [3.63, 3.8) is 0 Å². The van der Waals surface area contributed by atoms with E-state index in [1.807, 2.05) is 0 Å². The highest BCUT2D eigenvalue weighted by Gasteiger charge is 2.51. The number of fused-ring (bicyclic) bond motifs is 9. The molecule has 10 aromatic rings. The van der Waals surface area contributed by atoms with Gasteiger partial charge in [-0.1, -0.05) is 206 Å². The summed E-state index contributed by atoms with van der Waals surface area (Å²) < 4.78 is 6.64. The van der Waals surface area contributed by atoms with Crippen LogP contribution in [0.2, 0.25) is 0 Å². The zero-order chi connectivity index (χ0) is 41.7. The van der Waals surface area contributed by atoms with Crippen molar-refractivity contribution in [2.24, 2.45) is 0 Å². The van der Waals surface area contributed by atoms with Gasteiger partial charge in [-0.05, 0) is 104 Å². The van der Waals surface area contributed by atoms with E-state index in [0.29, 0.717) is 0 Å². The third-order valence-electron chi connectivity index (χ3n) is 13.0. The Labute approximate surface area is 368 Å². The molecule has 0 fully saturated rings. The lowest BCUT2D eigenvalue weighted by molar-refractivity contribution is 0.436. The van der Waals surface area contributed by atoms with Crippen molar-refractivity contribution in [1.29, 1.82) is 0 Å². The molecular formula is C61H41NO. The SMILES string of the molecule is c1ccc(-c2cccc(N(c3ccc4c(c3)-c3ccccc3C43c4ccccc4Oc4ccccc43)c3ccccc3-c3ccccc3-c3ccccc3-c3ccccc3)c2)cc1. The van der Waals surface area contributed by atoms with Gasteiger partial charge in [-0.3, -0.25) is 0 Å². The predicted octanol–water partition coefficient (Wildman–Crippen LogP) is 16.3. The zero-order valence-electron chi connectivity index (χ0n) is 34.5. The second-order valence-corrected chi connectivity index (χ2v) is 16.3. The van der Waals surface area contributed by atoms with Gasteiger partial charge in [0.25, 0.3) is 0 Å². The van der Waals surface area contributed by atoms with E-state index in [-0.39, 0.29) is 0 Å². The van der Waals surface area contributed by atoms with Crippen molar-refractivity contribution >= 4 is 17.1 Å². The molecule has 0 saturated heterocycles. The highest BCUT2D eigenvalue weighted by Crippen LogP contribution is 2.62. The van der Waals surface area contributed by atoms with E-state index in [1.165, 1.54) is 55.6 Å². The number of benzene rings is 10. The van der Waals surface area contributed by atoms with Crippen molar-refractivity contribution < 1.29 is 4.74 Å². The van der Waals surface area contributed by atoms with Crippen LogP contribution >= 0.6 is 0 Å². The van der Waals surface area contributed by atoms with Crippen LogP contribution in [0.15, 0.2) is 249 Å². The Morgan fingerprint density at radius 3 is 1.41 bits per heavy atom. The van der Waals surface area contributed by atoms with Gasteiger partial charge in [-0.15, -0.1) is 0 Å². The second-order valence-electron chi connectivity index (χ2n) is 16.3. The van der Waals surface area contributed by atoms with Crippen LogP contribution in [-0.2, 0) is 5.41 Å². The van der Waals surface area contributed by atoms with Crippen LogP contribution in [0.3, 0.4) is 0 Å². The fourth-order valence-electron chi connectivity index (χ4n) is 10.3. The van der Waals surface area contributed by atoms with Gasteiger partial charge in [0.05, 0.1) is 11.1 Å². The molecule has 12 rings (SSSR count). The maximum Gasteiger partial charge on any atom is 0.132 e. The number of hydrogen-bond acceptors (Lipinski definition) is 2. The van der Waals surface area contributed by atoms with Crippen molar-refractivity contribution in [3.8, 4) is 67.1 Å². The van der Waals surface area contributed by atoms with Gasteiger partial charge in [0.15, 0.2) is 0 Å². The van der Waals surface area contributed by atoms with Crippen molar-refractivity contribution in [2.75, 3.05) is 4.90 Å². The van der Waals surface area contributed by atoms with Crippen LogP contribution in [-0.4, -0.2) is 0 Å². The minimum atomic E-state index is -0.545. The molecule has 296 valence electrons. The highest BCUT2D eigenvalue weighted by atomic mass is 16.5. The molecule has 0 radical (unpaired) electrons. The standard InChI is InChI=1S/C61H41NO/c1-3-20-42(21-4-1)44-24-19-25-45(40-44)62(58-35-16-12-31-52(58)50-29-10-9-28-49(50)48-27-8-7-26-47(48)43-22-5-2-6-23-43)46-38-39-55-53(41-46)51-30-11-13-32-54(51)61(55)56-33-14-17-36-59(56)63-60-37-18-15-34-57(60)61/h1-41H. The molecule has 2 aliphatic rings. The van der Waals surface area contributed by atoms with Crippen LogP contribution in [0, 0.1) is 0 Å². The number of hydrogen-bond donors (Lipinski definition) is 0. The van der Waals surface area contributed by atoms with Crippen molar-refractivity contribution in [3.05, 3.63) is 271 Å². The summed E-state index contributed by atoms with van der Waals surface area (Å²) >= 11 is 0. The first-order valence-electron chi connectivity index (χ1n) is 21.7. The molecule has 1 aliphatic heterocycles. The molecule has 0 unspecified atom stereocenters. The molecule has 63 heavy (non-hydrogen) atoms. The van der Waals surface area contributed by atoms with Gasteiger partial charge in [0.2, 0.25) is 0 Å². The summed E-state index contributed by atoms with van der Waals surface area (Å²) in [5.74, 6) is 1.78. The van der Waals surface area contributed by atoms with Gasteiger partial charge in [0, 0.05) is 28.1 Å². The lowest BCUT2D eigenvalue weighted by Gasteiger charge is -2.39. The number of nitrogens with zero attached hydrogens (tertiary/aromatic N) is 1. The molecule has 10 aromatic carbocycles. The first kappa shape index (κ1) is 36.6. The maximum atomic E-state index is 6.64. The van der Waals surface area contributed by atoms with E-state index in [1.54, 1.807) is 0 Å². The van der Waals surface area contributed by atoms with Gasteiger partial charge in [-0.2, -0.15) is 0 Å². The van der Waals surface area contributed by atoms with Crippen molar-refractivity contribution in [2.45, 2.75) is 5.41 Å².